The molecule has 0 fully saturated rings. The Morgan fingerprint density at radius 3 is 2.57 bits per heavy atom. The summed E-state index contributed by atoms with van der Waals surface area (Å²) >= 11 is 1.18. The van der Waals surface area contributed by atoms with E-state index in [0.717, 1.165) is 4.31 Å². The maximum absolute atomic E-state index is 12.4. The summed E-state index contributed by atoms with van der Waals surface area (Å²) in [6.45, 7) is 1.68. The normalized spacial score (nSPS) is 11.5. The number of carbonyl (C=O) groups is 2. The number of carbonyl (C=O) groups excluding carboxylic acids is 2. The Bertz CT molecular complexity index is 1180. The molecule has 2 aromatic heterocycles. The Morgan fingerprint density at radius 1 is 1.17 bits per heavy atom. The molecule has 2 N–H and O–H groups in total. The zero-order valence-corrected chi connectivity index (χ0v) is 18.1. The van der Waals surface area contributed by atoms with E-state index in [1.807, 2.05) is 0 Å². The SMILES string of the molecule is Cc1occc1C(=O)Nc1nc(CC(=O)Nc2ccccc2S(=O)(=O)N(C)C)cs1. The summed E-state index contributed by atoms with van der Waals surface area (Å²) in [5.41, 5.74) is 1.04. The van der Waals surface area contributed by atoms with Crippen LogP contribution in [-0.4, -0.2) is 43.6 Å². The van der Waals surface area contributed by atoms with E-state index in [0.29, 0.717) is 22.1 Å². The number of hydrogen-bond acceptors (Lipinski definition) is 7. The van der Waals surface area contributed by atoms with Gasteiger partial charge in [-0.3, -0.25) is 14.9 Å². The maximum Gasteiger partial charge on any atom is 0.260 e. The minimum absolute atomic E-state index is 0.00469. The standard InChI is InChI=1S/C19H20N4O5S2/c1-12-14(8-9-28-12)18(25)22-19-20-13(11-29-19)10-17(24)21-15-6-4-5-7-16(15)30(26,27)23(2)3/h4-9,11H,10H2,1-3H3,(H,21,24)(H,20,22,25). The number of nitrogens with zero attached hydrogens (tertiary/aromatic N) is 2. The predicted molar refractivity (Wildman–Crippen MR) is 113 cm³/mol. The lowest BCUT2D eigenvalue weighted by Gasteiger charge is -2.15. The molecule has 3 rings (SSSR count). The third-order valence-electron chi connectivity index (χ3n) is 4.14. The number of sulfonamides is 1. The number of rotatable bonds is 7. The fourth-order valence-corrected chi connectivity index (χ4v) is 4.33. The second kappa shape index (κ2) is 8.78. The number of nitrogens with one attached hydrogen (secondary N) is 2. The molecule has 0 unspecified atom stereocenters. The van der Waals surface area contributed by atoms with Gasteiger partial charge in [0.15, 0.2) is 5.13 Å². The van der Waals surface area contributed by atoms with Gasteiger partial charge in [0.2, 0.25) is 15.9 Å². The summed E-state index contributed by atoms with van der Waals surface area (Å²) in [6, 6.07) is 7.74. The average Bonchev–Trinajstić information content (AvgIpc) is 3.30. The van der Waals surface area contributed by atoms with Crippen molar-refractivity contribution >= 4 is 44.0 Å². The number of anilines is 2. The lowest BCUT2D eigenvalue weighted by atomic mass is 10.2. The molecule has 0 spiro atoms. The van der Waals surface area contributed by atoms with Crippen molar-refractivity contribution in [1.29, 1.82) is 0 Å². The van der Waals surface area contributed by atoms with Crippen molar-refractivity contribution in [3.8, 4) is 0 Å². The summed E-state index contributed by atoms with van der Waals surface area (Å²) in [7, 11) is -0.869. The first kappa shape index (κ1) is 21.7. The molecule has 2 heterocycles. The summed E-state index contributed by atoms with van der Waals surface area (Å²) in [5, 5.41) is 7.28. The van der Waals surface area contributed by atoms with Gasteiger partial charge in [0.25, 0.3) is 5.91 Å². The highest BCUT2D eigenvalue weighted by molar-refractivity contribution is 7.89. The van der Waals surface area contributed by atoms with Crippen LogP contribution in [0.25, 0.3) is 0 Å². The van der Waals surface area contributed by atoms with E-state index < -0.39 is 15.9 Å². The third-order valence-corrected chi connectivity index (χ3v) is 6.82. The van der Waals surface area contributed by atoms with Crippen molar-refractivity contribution < 1.29 is 22.4 Å². The Morgan fingerprint density at radius 2 is 1.90 bits per heavy atom. The zero-order chi connectivity index (χ0) is 21.9. The molecule has 0 saturated carbocycles. The average molecular weight is 449 g/mol. The van der Waals surface area contributed by atoms with E-state index in [1.165, 1.54) is 43.8 Å². The van der Waals surface area contributed by atoms with Crippen LogP contribution in [-0.2, 0) is 21.2 Å². The van der Waals surface area contributed by atoms with E-state index in [9.17, 15) is 18.0 Å². The molecule has 30 heavy (non-hydrogen) atoms. The van der Waals surface area contributed by atoms with Gasteiger partial charge in [-0.2, -0.15) is 0 Å². The van der Waals surface area contributed by atoms with Crippen molar-refractivity contribution in [2.45, 2.75) is 18.2 Å². The van der Waals surface area contributed by atoms with E-state index >= 15 is 0 Å². The van der Waals surface area contributed by atoms with Crippen molar-refractivity contribution in [2.75, 3.05) is 24.7 Å². The van der Waals surface area contributed by atoms with Gasteiger partial charge < -0.3 is 9.73 Å². The van der Waals surface area contributed by atoms with Gasteiger partial charge in [0.1, 0.15) is 10.7 Å². The van der Waals surface area contributed by atoms with Crippen LogP contribution in [0.2, 0.25) is 0 Å². The zero-order valence-electron chi connectivity index (χ0n) is 16.5. The summed E-state index contributed by atoms with van der Waals surface area (Å²) in [4.78, 5) is 28.9. The first-order valence-corrected chi connectivity index (χ1v) is 11.1. The fourth-order valence-electron chi connectivity index (χ4n) is 2.58. The van der Waals surface area contributed by atoms with E-state index in [1.54, 1.807) is 30.5 Å². The molecule has 3 aromatic rings. The minimum atomic E-state index is -3.71. The number of para-hydroxylation sites is 1. The number of amides is 2. The Balaban J connectivity index is 1.67. The third kappa shape index (κ3) is 4.75. The van der Waals surface area contributed by atoms with E-state index in [4.69, 9.17) is 4.42 Å². The Labute approximate surface area is 177 Å². The molecule has 0 atom stereocenters. The molecule has 0 aliphatic rings. The van der Waals surface area contributed by atoms with Gasteiger partial charge in [-0.05, 0) is 25.1 Å². The smallest absolute Gasteiger partial charge is 0.260 e. The predicted octanol–water partition coefficient (Wildman–Crippen LogP) is 2.73. The highest BCUT2D eigenvalue weighted by Crippen LogP contribution is 2.24. The molecule has 0 saturated heterocycles. The van der Waals surface area contributed by atoms with Crippen LogP contribution in [0.1, 0.15) is 21.8 Å². The number of thiazole rings is 1. The van der Waals surface area contributed by atoms with Gasteiger partial charge in [-0.15, -0.1) is 11.3 Å². The number of hydrogen-bond donors (Lipinski definition) is 2. The van der Waals surface area contributed by atoms with Crippen LogP contribution in [0.5, 0.6) is 0 Å². The summed E-state index contributed by atoms with van der Waals surface area (Å²) in [5.74, 6) is -0.283. The largest absolute Gasteiger partial charge is 0.469 e. The van der Waals surface area contributed by atoms with Crippen molar-refractivity contribution in [3.05, 3.63) is 59.0 Å². The van der Waals surface area contributed by atoms with Crippen LogP contribution < -0.4 is 10.6 Å². The van der Waals surface area contributed by atoms with Gasteiger partial charge in [0.05, 0.1) is 29.6 Å². The van der Waals surface area contributed by atoms with E-state index in [-0.39, 0.29) is 22.9 Å². The molecule has 2 amide bonds. The highest BCUT2D eigenvalue weighted by atomic mass is 32.2. The van der Waals surface area contributed by atoms with Crippen LogP contribution in [0.3, 0.4) is 0 Å². The molecular weight excluding hydrogens is 428 g/mol. The summed E-state index contributed by atoms with van der Waals surface area (Å²) < 4.78 is 31.1. The second-order valence-electron chi connectivity index (χ2n) is 6.50. The number of aromatic nitrogens is 1. The summed E-state index contributed by atoms with van der Waals surface area (Å²) in [6.07, 6.45) is 1.35. The van der Waals surface area contributed by atoms with Gasteiger partial charge in [0, 0.05) is 19.5 Å². The van der Waals surface area contributed by atoms with Crippen molar-refractivity contribution in [1.82, 2.24) is 9.29 Å². The number of furan rings is 1. The molecule has 9 nitrogen and oxygen atoms in total. The monoisotopic (exact) mass is 448 g/mol. The van der Waals surface area contributed by atoms with Crippen molar-refractivity contribution in [3.63, 3.8) is 0 Å². The first-order valence-electron chi connectivity index (χ1n) is 8.79. The van der Waals surface area contributed by atoms with Crippen LogP contribution in [0.4, 0.5) is 10.8 Å². The molecule has 0 bridgehead atoms. The second-order valence-corrected chi connectivity index (χ2v) is 9.48. The first-order chi connectivity index (χ1) is 14.2. The Kier molecular flexibility index (Phi) is 6.34. The van der Waals surface area contributed by atoms with E-state index in [2.05, 4.69) is 15.6 Å². The lowest BCUT2D eigenvalue weighted by Crippen LogP contribution is -2.24. The molecule has 0 aliphatic heterocycles. The lowest BCUT2D eigenvalue weighted by molar-refractivity contribution is -0.115. The Hall–Kier alpha value is -3.02. The molecule has 158 valence electrons. The molecule has 0 radical (unpaired) electrons. The van der Waals surface area contributed by atoms with Crippen LogP contribution in [0.15, 0.2) is 51.3 Å². The topological polar surface area (TPSA) is 122 Å². The van der Waals surface area contributed by atoms with Gasteiger partial charge in [-0.1, -0.05) is 12.1 Å². The number of benzene rings is 1. The fraction of sp³-hybridized carbons (Fsp3) is 0.211. The van der Waals surface area contributed by atoms with Crippen LogP contribution in [0, 0.1) is 6.92 Å². The van der Waals surface area contributed by atoms with Crippen molar-refractivity contribution in [2.24, 2.45) is 0 Å². The molecule has 1 aromatic carbocycles. The van der Waals surface area contributed by atoms with Gasteiger partial charge >= 0.3 is 0 Å². The van der Waals surface area contributed by atoms with Gasteiger partial charge in [-0.25, -0.2) is 17.7 Å². The molecular formula is C19H20N4O5S2. The molecule has 11 heteroatoms. The number of aryl methyl sites for hydroxylation is 1. The minimum Gasteiger partial charge on any atom is -0.469 e. The quantitative estimate of drug-likeness (QED) is 0.573. The molecule has 0 aliphatic carbocycles. The van der Waals surface area contributed by atoms with Crippen LogP contribution >= 0.6 is 11.3 Å². The maximum atomic E-state index is 12.4. The highest BCUT2D eigenvalue weighted by Gasteiger charge is 2.22.